The fraction of sp³-hybridized carbons (Fsp3) is 0.385. The van der Waals surface area contributed by atoms with Gasteiger partial charge in [0.05, 0.1) is 16.8 Å². The molecular weight excluding hydrogens is 599 g/mol. The molecule has 0 aliphatic carbocycles. The van der Waals surface area contributed by atoms with Gasteiger partial charge in [0.2, 0.25) is 5.95 Å². The van der Waals surface area contributed by atoms with Crippen molar-refractivity contribution in [3.8, 4) is 0 Å². The summed E-state index contributed by atoms with van der Waals surface area (Å²) >= 11 is 0. The van der Waals surface area contributed by atoms with E-state index < -0.39 is 35.6 Å². The van der Waals surface area contributed by atoms with Crippen molar-refractivity contribution < 1.29 is 49.4 Å². The van der Waals surface area contributed by atoms with E-state index in [4.69, 9.17) is 14.9 Å². The molecule has 0 bridgehead atoms. The summed E-state index contributed by atoms with van der Waals surface area (Å²) in [5.74, 6) is -1.95. The van der Waals surface area contributed by atoms with E-state index in [0.29, 0.717) is 36.0 Å². The summed E-state index contributed by atoms with van der Waals surface area (Å²) < 4.78 is 111. The zero-order valence-electron chi connectivity index (χ0n) is 22.0. The first kappa shape index (κ1) is 31.6. The molecule has 5 rings (SSSR count). The Bertz CT molecular complexity index is 1440. The summed E-state index contributed by atoms with van der Waals surface area (Å²) in [4.78, 5) is 25.8. The van der Waals surface area contributed by atoms with Crippen LogP contribution >= 0.6 is 0 Å². The number of benzene rings is 1. The highest BCUT2D eigenvalue weighted by molar-refractivity contribution is 5.73. The molecule has 2 aliphatic rings. The zero-order valence-corrected chi connectivity index (χ0v) is 22.0. The molecule has 0 atom stereocenters. The summed E-state index contributed by atoms with van der Waals surface area (Å²) in [5.41, 5.74) is 0.289. The third-order valence-corrected chi connectivity index (χ3v) is 6.58. The van der Waals surface area contributed by atoms with Crippen LogP contribution in [0.4, 0.5) is 62.8 Å². The minimum Gasteiger partial charge on any atom is -0.475 e. The van der Waals surface area contributed by atoms with E-state index in [1.807, 2.05) is 4.90 Å². The van der Waals surface area contributed by atoms with Gasteiger partial charge in [-0.2, -0.15) is 44.5 Å². The number of pyridine rings is 1. The van der Waals surface area contributed by atoms with Crippen LogP contribution in [0.2, 0.25) is 0 Å². The smallest absolute Gasteiger partial charge is 0.475 e. The van der Waals surface area contributed by atoms with E-state index in [1.165, 1.54) is 24.4 Å². The summed E-state index contributed by atoms with van der Waals surface area (Å²) in [5, 5.41) is 10.2. The molecule has 17 heteroatoms. The Morgan fingerprint density at radius 3 is 1.98 bits per heavy atom. The lowest BCUT2D eigenvalue weighted by Crippen LogP contribution is -2.38. The van der Waals surface area contributed by atoms with Gasteiger partial charge in [0.15, 0.2) is 0 Å². The third-order valence-electron chi connectivity index (χ3n) is 6.58. The van der Waals surface area contributed by atoms with Crippen molar-refractivity contribution in [3.63, 3.8) is 0 Å². The van der Waals surface area contributed by atoms with Crippen molar-refractivity contribution >= 4 is 29.2 Å². The number of halogens is 9. The number of hydrogen-bond acceptors (Lipinski definition) is 7. The maximum atomic E-state index is 13.6. The number of anilines is 4. The Balaban J connectivity index is 0.000000541. The first-order valence-electron chi connectivity index (χ1n) is 12.7. The average Bonchev–Trinajstić information content (AvgIpc) is 3.10. The van der Waals surface area contributed by atoms with Crippen molar-refractivity contribution in [1.29, 1.82) is 0 Å². The van der Waals surface area contributed by atoms with E-state index in [0.717, 1.165) is 43.3 Å². The monoisotopic (exact) mass is 622 g/mol. The van der Waals surface area contributed by atoms with Crippen molar-refractivity contribution in [2.75, 3.05) is 41.3 Å². The van der Waals surface area contributed by atoms with Crippen LogP contribution in [0, 0.1) is 0 Å². The van der Waals surface area contributed by atoms with E-state index in [1.54, 1.807) is 4.90 Å². The molecule has 0 saturated carbocycles. The van der Waals surface area contributed by atoms with E-state index in [-0.39, 0.29) is 18.9 Å². The van der Waals surface area contributed by atoms with E-state index in [9.17, 15) is 39.5 Å². The number of nitrogens with one attached hydrogen (secondary N) is 1. The SMILES string of the molecule is FC(F)(F)c1ccc(Nc2nc(N3CCC3)nc3c2CCN(c2ncccc2C(F)(F)F)CC3)cc1.O=C(O)C(F)(F)F. The Kier molecular flexibility index (Phi) is 8.92. The number of carbonyl (C=O) groups is 1. The number of hydrogen-bond donors (Lipinski definition) is 2. The van der Waals surface area contributed by atoms with Gasteiger partial charge in [-0.05, 0) is 49.2 Å². The summed E-state index contributed by atoms with van der Waals surface area (Å²) in [7, 11) is 0. The molecule has 1 saturated heterocycles. The standard InChI is InChI=1S/C24H22F6N6.C2HF3O2/c25-23(26,27)15-4-6-16(7-5-15)32-20-17-8-13-35(21-18(24(28,29)30)3-1-10-31-21)14-9-19(17)33-22(34-20)36-11-2-12-36;3-2(4,5)1(6)7/h1,3-7,10H,2,8-9,11-14H2,(H,32,33,34);(H,6,7). The molecule has 1 aromatic carbocycles. The van der Waals surface area contributed by atoms with Crippen LogP contribution in [0.1, 0.15) is 28.8 Å². The Morgan fingerprint density at radius 1 is 0.814 bits per heavy atom. The molecule has 0 unspecified atom stereocenters. The van der Waals surface area contributed by atoms with Crippen LogP contribution in [0.15, 0.2) is 42.6 Å². The van der Waals surface area contributed by atoms with Crippen molar-refractivity contribution in [2.45, 2.75) is 37.8 Å². The predicted octanol–water partition coefficient (Wildman–Crippen LogP) is 6.10. The summed E-state index contributed by atoms with van der Waals surface area (Å²) in [6.07, 6.45) is -11.0. The number of aliphatic carboxylic acids is 1. The maximum Gasteiger partial charge on any atom is 0.490 e. The molecule has 2 aromatic heterocycles. The molecule has 4 heterocycles. The number of fused-ring (bicyclic) bond motifs is 1. The Hall–Kier alpha value is -4.31. The third kappa shape index (κ3) is 7.75. The molecule has 3 aromatic rings. The maximum absolute atomic E-state index is 13.6. The summed E-state index contributed by atoms with van der Waals surface area (Å²) in [6.45, 7) is 2.10. The molecule has 0 amide bonds. The quantitative estimate of drug-likeness (QED) is 0.337. The van der Waals surface area contributed by atoms with Crippen LogP contribution in [0.3, 0.4) is 0 Å². The highest BCUT2D eigenvalue weighted by Crippen LogP contribution is 2.37. The molecule has 2 N–H and O–H groups in total. The fourth-order valence-electron chi connectivity index (χ4n) is 4.31. The predicted molar refractivity (Wildman–Crippen MR) is 136 cm³/mol. The first-order chi connectivity index (χ1) is 20.0. The largest absolute Gasteiger partial charge is 0.490 e. The van der Waals surface area contributed by atoms with Gasteiger partial charge in [-0.15, -0.1) is 0 Å². The number of alkyl halides is 9. The first-order valence-corrected chi connectivity index (χ1v) is 12.7. The number of aromatic nitrogens is 3. The van der Waals surface area contributed by atoms with Gasteiger partial charge in [-0.25, -0.2) is 14.8 Å². The van der Waals surface area contributed by atoms with Gasteiger partial charge in [0.25, 0.3) is 0 Å². The minimum atomic E-state index is -5.08. The summed E-state index contributed by atoms with van der Waals surface area (Å²) in [6, 6.07) is 6.90. The number of rotatable bonds is 4. The van der Waals surface area contributed by atoms with Gasteiger partial charge in [0, 0.05) is 50.0 Å². The van der Waals surface area contributed by atoms with Gasteiger partial charge >= 0.3 is 24.5 Å². The van der Waals surface area contributed by atoms with Crippen LogP contribution in [-0.2, 0) is 30.0 Å². The normalized spacial score (nSPS) is 15.5. The van der Waals surface area contributed by atoms with Crippen LogP contribution in [0.25, 0.3) is 0 Å². The number of carboxylic acid groups (broad SMARTS) is 1. The molecular formula is C26H23F9N6O2. The van der Waals surface area contributed by atoms with Gasteiger partial charge in [0.1, 0.15) is 11.6 Å². The molecule has 232 valence electrons. The lowest BCUT2D eigenvalue weighted by atomic mass is 10.1. The van der Waals surface area contributed by atoms with Gasteiger partial charge in [-0.3, -0.25) is 0 Å². The fourth-order valence-corrected chi connectivity index (χ4v) is 4.31. The second-order valence-corrected chi connectivity index (χ2v) is 9.50. The second kappa shape index (κ2) is 12.1. The number of nitrogens with zero attached hydrogens (tertiary/aromatic N) is 5. The van der Waals surface area contributed by atoms with Crippen LogP contribution < -0.4 is 15.1 Å². The highest BCUT2D eigenvalue weighted by atomic mass is 19.4. The zero-order chi connectivity index (χ0) is 31.6. The van der Waals surface area contributed by atoms with Crippen molar-refractivity contribution in [2.24, 2.45) is 0 Å². The topological polar surface area (TPSA) is 94.5 Å². The lowest BCUT2D eigenvalue weighted by Gasteiger charge is -2.31. The lowest BCUT2D eigenvalue weighted by molar-refractivity contribution is -0.192. The van der Waals surface area contributed by atoms with Crippen molar-refractivity contribution in [1.82, 2.24) is 15.0 Å². The Labute approximate surface area is 238 Å². The van der Waals surface area contributed by atoms with Crippen LogP contribution in [-0.4, -0.2) is 58.4 Å². The van der Waals surface area contributed by atoms with Gasteiger partial charge < -0.3 is 20.2 Å². The van der Waals surface area contributed by atoms with Gasteiger partial charge in [-0.1, -0.05) is 0 Å². The van der Waals surface area contributed by atoms with Crippen molar-refractivity contribution in [3.05, 3.63) is 65.0 Å². The molecule has 0 spiro atoms. The average molecular weight is 622 g/mol. The molecule has 2 aliphatic heterocycles. The molecule has 8 nitrogen and oxygen atoms in total. The van der Waals surface area contributed by atoms with Crippen LogP contribution in [0.5, 0.6) is 0 Å². The van der Waals surface area contributed by atoms with E-state index in [2.05, 4.69) is 15.3 Å². The Morgan fingerprint density at radius 2 is 1.44 bits per heavy atom. The second-order valence-electron chi connectivity index (χ2n) is 9.50. The number of carboxylic acids is 1. The highest BCUT2D eigenvalue weighted by Gasteiger charge is 2.38. The molecule has 43 heavy (non-hydrogen) atoms. The molecule has 0 radical (unpaired) electrons. The minimum absolute atomic E-state index is 0.133. The van der Waals surface area contributed by atoms with E-state index >= 15 is 0 Å². The molecule has 1 fully saturated rings.